The standard InChI is InChI=1S/C19H16O7/c1-23-11-4-2-10(3-5-11)17(18-14(21)8-24-19(18)22)12-6-15-16(7-13(12)20)26-9-25-15/h2-7,17,20-21H,8-9H2,1H3. The van der Waals surface area contributed by atoms with E-state index in [4.69, 9.17) is 18.9 Å². The molecule has 26 heavy (non-hydrogen) atoms. The Hall–Kier alpha value is -3.35. The molecule has 0 amide bonds. The minimum atomic E-state index is -0.731. The first kappa shape index (κ1) is 16.1. The summed E-state index contributed by atoms with van der Waals surface area (Å²) in [7, 11) is 1.55. The van der Waals surface area contributed by atoms with Gasteiger partial charge in [-0.3, -0.25) is 0 Å². The molecule has 1 unspecified atom stereocenters. The molecule has 0 fully saturated rings. The lowest BCUT2D eigenvalue weighted by Gasteiger charge is -2.20. The lowest BCUT2D eigenvalue weighted by Crippen LogP contribution is -2.12. The molecule has 2 N–H and O–H groups in total. The van der Waals surface area contributed by atoms with Gasteiger partial charge in [-0.1, -0.05) is 12.1 Å². The molecule has 134 valence electrons. The number of ether oxygens (including phenoxy) is 4. The van der Waals surface area contributed by atoms with Crippen LogP contribution in [0, 0.1) is 0 Å². The average molecular weight is 356 g/mol. The van der Waals surface area contributed by atoms with Gasteiger partial charge in [0, 0.05) is 17.5 Å². The molecule has 2 aliphatic rings. The highest BCUT2D eigenvalue weighted by Crippen LogP contribution is 2.46. The van der Waals surface area contributed by atoms with Gasteiger partial charge in [-0.25, -0.2) is 4.79 Å². The number of rotatable bonds is 4. The van der Waals surface area contributed by atoms with Crippen LogP contribution in [0.2, 0.25) is 0 Å². The number of hydrogen-bond acceptors (Lipinski definition) is 7. The lowest BCUT2D eigenvalue weighted by molar-refractivity contribution is -0.136. The average Bonchev–Trinajstić information content (AvgIpc) is 3.23. The Kier molecular flexibility index (Phi) is 3.84. The Morgan fingerprint density at radius 1 is 1.04 bits per heavy atom. The number of aliphatic hydroxyl groups is 1. The van der Waals surface area contributed by atoms with Gasteiger partial charge in [-0.2, -0.15) is 0 Å². The van der Waals surface area contributed by atoms with Crippen molar-refractivity contribution >= 4 is 5.97 Å². The molecule has 0 radical (unpaired) electrons. The van der Waals surface area contributed by atoms with Crippen molar-refractivity contribution < 1.29 is 34.0 Å². The molecule has 0 aromatic heterocycles. The van der Waals surface area contributed by atoms with Crippen LogP contribution >= 0.6 is 0 Å². The summed E-state index contributed by atoms with van der Waals surface area (Å²) < 4.78 is 20.8. The van der Waals surface area contributed by atoms with Crippen LogP contribution in [0.3, 0.4) is 0 Å². The highest BCUT2D eigenvalue weighted by atomic mass is 16.7. The fourth-order valence-corrected chi connectivity index (χ4v) is 3.17. The van der Waals surface area contributed by atoms with E-state index in [2.05, 4.69) is 0 Å². The number of phenols is 1. The molecule has 0 aliphatic carbocycles. The maximum Gasteiger partial charge on any atom is 0.338 e. The second-order valence-corrected chi connectivity index (χ2v) is 5.91. The first-order valence-electron chi connectivity index (χ1n) is 7.94. The molecule has 0 saturated carbocycles. The zero-order valence-electron chi connectivity index (χ0n) is 13.9. The minimum Gasteiger partial charge on any atom is -0.508 e. The van der Waals surface area contributed by atoms with Gasteiger partial charge in [-0.15, -0.1) is 0 Å². The number of phenolic OH excluding ortho intramolecular Hbond substituents is 1. The second kappa shape index (κ2) is 6.18. The highest BCUT2D eigenvalue weighted by molar-refractivity contribution is 5.94. The summed E-state index contributed by atoms with van der Waals surface area (Å²) >= 11 is 0. The number of carbonyl (C=O) groups excluding carboxylic acids is 1. The van der Waals surface area contributed by atoms with E-state index in [1.807, 2.05) is 0 Å². The van der Waals surface area contributed by atoms with E-state index in [9.17, 15) is 15.0 Å². The molecule has 4 rings (SSSR count). The summed E-state index contributed by atoms with van der Waals surface area (Å²) in [5, 5.41) is 20.7. The number of carbonyl (C=O) groups is 1. The Balaban J connectivity index is 1.89. The summed E-state index contributed by atoms with van der Waals surface area (Å²) in [5.74, 6) is -0.0574. The number of hydrogen-bond donors (Lipinski definition) is 2. The van der Waals surface area contributed by atoms with Crippen LogP contribution in [0.1, 0.15) is 17.0 Å². The van der Waals surface area contributed by atoms with Crippen LogP contribution < -0.4 is 14.2 Å². The number of fused-ring (bicyclic) bond motifs is 1. The third kappa shape index (κ3) is 2.57. The highest BCUT2D eigenvalue weighted by Gasteiger charge is 2.36. The predicted octanol–water partition coefficient (Wildman–Crippen LogP) is 2.63. The minimum absolute atomic E-state index is 0.0570. The van der Waals surface area contributed by atoms with Gasteiger partial charge in [0.05, 0.1) is 12.7 Å². The topological polar surface area (TPSA) is 94.5 Å². The van der Waals surface area contributed by atoms with E-state index in [-0.39, 0.29) is 30.5 Å². The van der Waals surface area contributed by atoms with Crippen molar-refractivity contribution in [3.8, 4) is 23.0 Å². The summed E-state index contributed by atoms with van der Waals surface area (Å²) in [6.45, 7) is -0.131. The van der Waals surface area contributed by atoms with Gasteiger partial charge >= 0.3 is 5.97 Å². The normalized spacial score (nSPS) is 16.6. The molecular weight excluding hydrogens is 340 g/mol. The smallest absolute Gasteiger partial charge is 0.338 e. The third-order valence-corrected chi connectivity index (χ3v) is 4.44. The maximum absolute atomic E-state index is 12.2. The number of aliphatic hydroxyl groups excluding tert-OH is 1. The van der Waals surface area contributed by atoms with Crippen molar-refractivity contribution in [3.63, 3.8) is 0 Å². The fraction of sp³-hybridized carbons (Fsp3) is 0.211. The Morgan fingerprint density at radius 3 is 2.35 bits per heavy atom. The van der Waals surface area contributed by atoms with Gasteiger partial charge < -0.3 is 29.2 Å². The zero-order chi connectivity index (χ0) is 18.3. The van der Waals surface area contributed by atoms with Crippen molar-refractivity contribution in [1.29, 1.82) is 0 Å². The van der Waals surface area contributed by atoms with Crippen molar-refractivity contribution in [2.24, 2.45) is 0 Å². The molecular formula is C19H16O7. The van der Waals surface area contributed by atoms with E-state index in [1.165, 1.54) is 6.07 Å². The first-order chi connectivity index (χ1) is 12.6. The molecule has 2 heterocycles. The fourth-order valence-electron chi connectivity index (χ4n) is 3.17. The molecule has 7 nitrogen and oxygen atoms in total. The first-order valence-corrected chi connectivity index (χ1v) is 7.94. The van der Waals surface area contributed by atoms with Crippen LogP contribution in [0.4, 0.5) is 0 Å². The van der Waals surface area contributed by atoms with Crippen LogP contribution in [-0.4, -0.2) is 36.7 Å². The van der Waals surface area contributed by atoms with E-state index in [1.54, 1.807) is 37.4 Å². The molecule has 0 bridgehead atoms. The van der Waals surface area contributed by atoms with Crippen molar-refractivity contribution in [2.75, 3.05) is 20.5 Å². The van der Waals surface area contributed by atoms with Gasteiger partial charge in [0.25, 0.3) is 0 Å². The number of cyclic esters (lactones) is 1. The van der Waals surface area contributed by atoms with Crippen LogP contribution in [0.5, 0.6) is 23.0 Å². The number of esters is 1. The van der Waals surface area contributed by atoms with Crippen molar-refractivity contribution in [1.82, 2.24) is 0 Å². The molecule has 0 spiro atoms. The summed E-state index contributed by atoms with van der Waals surface area (Å²) in [6, 6.07) is 10.1. The summed E-state index contributed by atoms with van der Waals surface area (Å²) in [4.78, 5) is 12.2. The molecule has 2 aromatic carbocycles. The van der Waals surface area contributed by atoms with E-state index < -0.39 is 11.9 Å². The number of methoxy groups -OCH3 is 1. The predicted molar refractivity (Wildman–Crippen MR) is 89.7 cm³/mol. The Labute approximate surface area is 149 Å². The van der Waals surface area contributed by atoms with Crippen molar-refractivity contribution in [3.05, 3.63) is 58.9 Å². The molecule has 2 aliphatic heterocycles. The number of benzene rings is 2. The SMILES string of the molecule is COc1ccc(C(C2=C(O)COC2=O)c2cc3c(cc2O)OCO3)cc1. The largest absolute Gasteiger partial charge is 0.508 e. The Bertz CT molecular complexity index is 899. The second-order valence-electron chi connectivity index (χ2n) is 5.91. The van der Waals surface area contributed by atoms with Crippen molar-refractivity contribution in [2.45, 2.75) is 5.92 Å². The zero-order valence-corrected chi connectivity index (χ0v) is 13.9. The van der Waals surface area contributed by atoms with E-state index in [0.717, 1.165) is 0 Å². The lowest BCUT2D eigenvalue weighted by atomic mass is 9.83. The molecule has 2 aromatic rings. The van der Waals surface area contributed by atoms with Gasteiger partial charge in [0.15, 0.2) is 11.5 Å². The van der Waals surface area contributed by atoms with Gasteiger partial charge in [0.2, 0.25) is 6.79 Å². The summed E-state index contributed by atoms with van der Waals surface area (Å²) in [5.41, 5.74) is 1.17. The van der Waals surface area contributed by atoms with Crippen LogP contribution in [-0.2, 0) is 9.53 Å². The van der Waals surface area contributed by atoms with E-state index >= 15 is 0 Å². The summed E-state index contributed by atoms with van der Waals surface area (Å²) in [6.07, 6.45) is 0. The van der Waals surface area contributed by atoms with E-state index in [0.29, 0.717) is 28.4 Å². The molecule has 1 atom stereocenters. The molecule has 0 saturated heterocycles. The quantitative estimate of drug-likeness (QED) is 0.813. The maximum atomic E-state index is 12.2. The van der Waals surface area contributed by atoms with Crippen LogP contribution in [0.15, 0.2) is 47.7 Å². The van der Waals surface area contributed by atoms with Crippen LogP contribution in [0.25, 0.3) is 0 Å². The third-order valence-electron chi connectivity index (χ3n) is 4.44. The number of aromatic hydroxyl groups is 1. The van der Waals surface area contributed by atoms with Gasteiger partial charge in [-0.05, 0) is 23.8 Å². The molecule has 7 heteroatoms. The van der Waals surface area contributed by atoms with Gasteiger partial charge in [0.1, 0.15) is 23.9 Å². The monoisotopic (exact) mass is 356 g/mol. The Morgan fingerprint density at radius 2 is 1.73 bits per heavy atom.